The quantitative estimate of drug-likeness (QED) is 0.539. The standard InChI is InChI=1S/C11H15ClS/c1-8-4-6-11(7-5-8)13-10(3)9(2)12/h4-7,9-10H,1-3H3/t9-,10-/m0/s1. The first-order chi connectivity index (χ1) is 6.09. The third-order valence-corrected chi connectivity index (χ3v) is 3.84. The van der Waals surface area contributed by atoms with E-state index in [1.165, 1.54) is 10.5 Å². The first-order valence-electron chi connectivity index (χ1n) is 4.47. The predicted molar refractivity (Wildman–Crippen MR) is 61.8 cm³/mol. The lowest BCUT2D eigenvalue weighted by Crippen LogP contribution is -2.08. The van der Waals surface area contributed by atoms with Crippen LogP contribution in [0.1, 0.15) is 19.4 Å². The van der Waals surface area contributed by atoms with Gasteiger partial charge in [0.25, 0.3) is 0 Å². The van der Waals surface area contributed by atoms with Crippen molar-refractivity contribution in [1.82, 2.24) is 0 Å². The molecule has 0 bridgehead atoms. The summed E-state index contributed by atoms with van der Waals surface area (Å²) in [4.78, 5) is 1.30. The van der Waals surface area contributed by atoms with Crippen LogP contribution in [0.5, 0.6) is 0 Å². The predicted octanol–water partition coefficient (Wildman–Crippen LogP) is 4.10. The average molecular weight is 215 g/mol. The Kier molecular flexibility index (Phi) is 4.14. The fourth-order valence-electron chi connectivity index (χ4n) is 0.925. The Morgan fingerprint density at radius 2 is 1.69 bits per heavy atom. The molecule has 0 saturated carbocycles. The summed E-state index contributed by atoms with van der Waals surface area (Å²) in [6.45, 7) is 6.29. The lowest BCUT2D eigenvalue weighted by Gasteiger charge is -2.12. The molecular weight excluding hydrogens is 200 g/mol. The molecule has 0 amide bonds. The molecule has 0 aliphatic rings. The number of rotatable bonds is 3. The van der Waals surface area contributed by atoms with Gasteiger partial charge in [-0.15, -0.1) is 23.4 Å². The second kappa shape index (κ2) is 4.92. The van der Waals surface area contributed by atoms with Crippen LogP contribution in [0.25, 0.3) is 0 Å². The molecule has 2 heteroatoms. The molecule has 0 saturated heterocycles. The van der Waals surface area contributed by atoms with Crippen molar-refractivity contribution in [3.8, 4) is 0 Å². The molecular formula is C11H15ClS. The maximum Gasteiger partial charge on any atom is 0.0427 e. The van der Waals surface area contributed by atoms with Crippen LogP contribution in [0.15, 0.2) is 29.2 Å². The molecule has 0 radical (unpaired) electrons. The van der Waals surface area contributed by atoms with Crippen LogP contribution >= 0.6 is 23.4 Å². The molecule has 0 aliphatic heterocycles. The van der Waals surface area contributed by atoms with Crippen LogP contribution < -0.4 is 0 Å². The number of halogens is 1. The molecule has 1 aromatic rings. The highest BCUT2D eigenvalue weighted by Gasteiger charge is 2.09. The van der Waals surface area contributed by atoms with Crippen molar-refractivity contribution in [1.29, 1.82) is 0 Å². The van der Waals surface area contributed by atoms with Crippen molar-refractivity contribution >= 4 is 23.4 Å². The molecule has 0 nitrogen and oxygen atoms in total. The molecule has 0 spiro atoms. The van der Waals surface area contributed by atoms with Gasteiger partial charge in [-0.05, 0) is 26.0 Å². The van der Waals surface area contributed by atoms with Gasteiger partial charge >= 0.3 is 0 Å². The van der Waals surface area contributed by atoms with Crippen molar-refractivity contribution < 1.29 is 0 Å². The molecule has 0 aliphatic carbocycles. The van der Waals surface area contributed by atoms with Gasteiger partial charge in [-0.2, -0.15) is 0 Å². The third-order valence-electron chi connectivity index (χ3n) is 1.99. The second-order valence-corrected chi connectivity index (χ2v) is 5.45. The van der Waals surface area contributed by atoms with Crippen molar-refractivity contribution in [2.75, 3.05) is 0 Å². The minimum absolute atomic E-state index is 0.214. The van der Waals surface area contributed by atoms with Crippen LogP contribution in [0.2, 0.25) is 0 Å². The maximum atomic E-state index is 5.99. The SMILES string of the molecule is Cc1ccc(S[C@@H](C)[C@H](C)Cl)cc1. The highest BCUT2D eigenvalue weighted by Crippen LogP contribution is 2.27. The lowest BCUT2D eigenvalue weighted by molar-refractivity contribution is 0.915. The number of benzene rings is 1. The summed E-state index contributed by atoms with van der Waals surface area (Å²) < 4.78 is 0. The molecule has 0 fully saturated rings. The zero-order valence-corrected chi connectivity index (χ0v) is 9.82. The van der Waals surface area contributed by atoms with Crippen molar-refractivity contribution in [2.24, 2.45) is 0 Å². The fraction of sp³-hybridized carbons (Fsp3) is 0.455. The molecule has 1 aromatic carbocycles. The Labute approximate surface area is 89.7 Å². The molecule has 72 valence electrons. The Bertz CT molecular complexity index is 253. The summed E-state index contributed by atoms with van der Waals surface area (Å²) in [5.74, 6) is 0. The van der Waals surface area contributed by atoms with Gasteiger partial charge in [0.2, 0.25) is 0 Å². The first-order valence-corrected chi connectivity index (χ1v) is 5.78. The molecule has 0 heterocycles. The smallest absolute Gasteiger partial charge is 0.0427 e. The number of hydrogen-bond acceptors (Lipinski definition) is 1. The number of thioether (sulfide) groups is 1. The minimum Gasteiger partial charge on any atom is -0.122 e. The third kappa shape index (κ3) is 3.61. The van der Waals surface area contributed by atoms with Crippen molar-refractivity contribution in [2.45, 2.75) is 36.3 Å². The average Bonchev–Trinajstić information content (AvgIpc) is 2.08. The van der Waals surface area contributed by atoms with Gasteiger partial charge in [-0.3, -0.25) is 0 Å². The van der Waals surface area contributed by atoms with Gasteiger partial charge in [0.1, 0.15) is 0 Å². The van der Waals surface area contributed by atoms with Gasteiger partial charge in [0.05, 0.1) is 0 Å². The van der Waals surface area contributed by atoms with E-state index in [9.17, 15) is 0 Å². The van der Waals surface area contributed by atoms with E-state index in [2.05, 4.69) is 38.1 Å². The van der Waals surface area contributed by atoms with Crippen LogP contribution in [0, 0.1) is 6.92 Å². The summed E-state index contributed by atoms with van der Waals surface area (Å²) in [6.07, 6.45) is 0. The monoisotopic (exact) mass is 214 g/mol. The van der Waals surface area contributed by atoms with Crippen LogP contribution in [0.3, 0.4) is 0 Å². The number of hydrogen-bond donors (Lipinski definition) is 0. The van der Waals surface area contributed by atoms with Gasteiger partial charge in [0, 0.05) is 15.5 Å². The fourth-order valence-corrected chi connectivity index (χ4v) is 1.99. The molecule has 0 N–H and O–H groups in total. The Hall–Kier alpha value is -0.140. The summed E-state index contributed by atoms with van der Waals surface area (Å²) in [5.41, 5.74) is 1.30. The molecule has 1 rings (SSSR count). The van der Waals surface area contributed by atoms with E-state index in [1.807, 2.05) is 18.7 Å². The molecule has 0 unspecified atom stereocenters. The minimum atomic E-state index is 0.214. The van der Waals surface area contributed by atoms with Gasteiger partial charge < -0.3 is 0 Å². The Morgan fingerprint density at radius 1 is 1.15 bits per heavy atom. The highest BCUT2D eigenvalue weighted by molar-refractivity contribution is 8.00. The molecule has 2 atom stereocenters. The Morgan fingerprint density at radius 3 is 2.15 bits per heavy atom. The van der Waals surface area contributed by atoms with E-state index in [-0.39, 0.29) is 5.38 Å². The first kappa shape index (κ1) is 10.9. The Balaban J connectivity index is 2.59. The summed E-state index contributed by atoms with van der Waals surface area (Å²) in [5, 5.41) is 0.677. The van der Waals surface area contributed by atoms with E-state index >= 15 is 0 Å². The van der Waals surface area contributed by atoms with Gasteiger partial charge in [0.15, 0.2) is 0 Å². The van der Waals surface area contributed by atoms with Gasteiger partial charge in [-0.25, -0.2) is 0 Å². The zero-order valence-electron chi connectivity index (χ0n) is 8.25. The summed E-state index contributed by atoms with van der Waals surface area (Å²) in [6, 6.07) is 8.56. The summed E-state index contributed by atoms with van der Waals surface area (Å²) >= 11 is 7.82. The topological polar surface area (TPSA) is 0 Å². The van der Waals surface area contributed by atoms with E-state index < -0.39 is 0 Å². The normalized spacial score (nSPS) is 15.4. The largest absolute Gasteiger partial charge is 0.122 e. The van der Waals surface area contributed by atoms with Crippen LogP contribution in [-0.4, -0.2) is 10.6 Å². The van der Waals surface area contributed by atoms with Crippen molar-refractivity contribution in [3.05, 3.63) is 29.8 Å². The maximum absolute atomic E-state index is 5.99. The highest BCUT2D eigenvalue weighted by atomic mass is 35.5. The summed E-state index contributed by atoms with van der Waals surface area (Å²) in [7, 11) is 0. The van der Waals surface area contributed by atoms with Crippen LogP contribution in [0.4, 0.5) is 0 Å². The second-order valence-electron chi connectivity index (χ2n) is 3.31. The molecule has 13 heavy (non-hydrogen) atoms. The van der Waals surface area contributed by atoms with Crippen LogP contribution in [-0.2, 0) is 0 Å². The van der Waals surface area contributed by atoms with Gasteiger partial charge in [-0.1, -0.05) is 24.6 Å². The van der Waals surface area contributed by atoms with E-state index in [4.69, 9.17) is 11.6 Å². The van der Waals surface area contributed by atoms with E-state index in [0.717, 1.165) is 0 Å². The molecule has 0 aromatic heterocycles. The zero-order chi connectivity index (χ0) is 9.84. The van der Waals surface area contributed by atoms with Crippen molar-refractivity contribution in [3.63, 3.8) is 0 Å². The lowest BCUT2D eigenvalue weighted by atomic mass is 10.2. The number of alkyl halides is 1. The van der Waals surface area contributed by atoms with E-state index in [0.29, 0.717) is 5.25 Å². The van der Waals surface area contributed by atoms with E-state index in [1.54, 1.807) is 0 Å². The number of aryl methyl sites for hydroxylation is 1.